The summed E-state index contributed by atoms with van der Waals surface area (Å²) in [6.45, 7) is 1.06. The molecule has 1 fully saturated rings. The van der Waals surface area contributed by atoms with E-state index in [1.54, 1.807) is 17.0 Å². The monoisotopic (exact) mass is 255 g/mol. The van der Waals surface area contributed by atoms with Crippen LogP contribution in [0.2, 0.25) is 0 Å². The molecular formula is C12H14FNO2S. The van der Waals surface area contributed by atoms with Gasteiger partial charge in [-0.15, -0.1) is 11.8 Å². The van der Waals surface area contributed by atoms with Gasteiger partial charge in [0.25, 0.3) is 0 Å². The summed E-state index contributed by atoms with van der Waals surface area (Å²) in [5.74, 6) is 0.0810. The van der Waals surface area contributed by atoms with Gasteiger partial charge in [0.05, 0.1) is 11.9 Å². The largest absolute Gasteiger partial charge is 0.391 e. The molecule has 3 nitrogen and oxygen atoms in total. The second kappa shape index (κ2) is 5.51. The minimum atomic E-state index is -0.380. The summed E-state index contributed by atoms with van der Waals surface area (Å²) in [4.78, 5) is 14.3. The van der Waals surface area contributed by atoms with Gasteiger partial charge >= 0.3 is 0 Å². The molecule has 0 spiro atoms. The van der Waals surface area contributed by atoms with Crippen LogP contribution in [0.1, 0.15) is 6.42 Å². The fourth-order valence-corrected chi connectivity index (χ4v) is 2.54. The summed E-state index contributed by atoms with van der Waals surface area (Å²) in [5, 5.41) is 9.32. The van der Waals surface area contributed by atoms with Crippen LogP contribution in [0.25, 0.3) is 0 Å². The number of carbonyl (C=O) groups is 1. The van der Waals surface area contributed by atoms with E-state index < -0.39 is 0 Å². The minimum absolute atomic E-state index is 0.0240. The summed E-state index contributed by atoms with van der Waals surface area (Å²) in [6, 6.07) is 6.08. The zero-order valence-corrected chi connectivity index (χ0v) is 10.1. The van der Waals surface area contributed by atoms with E-state index in [1.807, 2.05) is 0 Å². The lowest BCUT2D eigenvalue weighted by atomic mass is 10.3. The average Bonchev–Trinajstić information content (AvgIpc) is 2.75. The van der Waals surface area contributed by atoms with Crippen LogP contribution < -0.4 is 0 Å². The number of hydrogen-bond acceptors (Lipinski definition) is 3. The number of aliphatic hydroxyl groups is 1. The fourth-order valence-electron chi connectivity index (χ4n) is 1.74. The van der Waals surface area contributed by atoms with Gasteiger partial charge in [-0.25, -0.2) is 4.39 Å². The maximum atomic E-state index is 12.7. The second-order valence-electron chi connectivity index (χ2n) is 4.02. The van der Waals surface area contributed by atoms with Gasteiger partial charge in [0.2, 0.25) is 5.91 Å². The van der Waals surface area contributed by atoms with Gasteiger partial charge in [0.1, 0.15) is 5.82 Å². The number of benzene rings is 1. The molecule has 0 bridgehead atoms. The third kappa shape index (κ3) is 3.44. The van der Waals surface area contributed by atoms with E-state index in [-0.39, 0.29) is 17.8 Å². The molecule has 17 heavy (non-hydrogen) atoms. The van der Waals surface area contributed by atoms with Crippen LogP contribution in [0.15, 0.2) is 29.2 Å². The molecule has 1 saturated heterocycles. The lowest BCUT2D eigenvalue weighted by Gasteiger charge is -2.14. The van der Waals surface area contributed by atoms with Crippen molar-refractivity contribution in [2.75, 3.05) is 18.8 Å². The molecule has 1 aromatic rings. The SMILES string of the molecule is O=C(CSc1ccc(F)cc1)N1CC[C@@H](O)C1. The Morgan fingerprint density at radius 2 is 2.18 bits per heavy atom. The summed E-state index contributed by atoms with van der Waals surface area (Å²) in [7, 11) is 0. The molecule has 0 unspecified atom stereocenters. The van der Waals surface area contributed by atoms with E-state index in [4.69, 9.17) is 0 Å². The molecule has 1 aliphatic heterocycles. The highest BCUT2D eigenvalue weighted by atomic mass is 32.2. The van der Waals surface area contributed by atoms with E-state index in [1.165, 1.54) is 23.9 Å². The standard InChI is InChI=1S/C12H14FNO2S/c13-9-1-3-11(4-2-9)17-8-12(16)14-6-5-10(15)7-14/h1-4,10,15H,5-8H2/t10-/m1/s1. The maximum Gasteiger partial charge on any atom is 0.233 e. The lowest BCUT2D eigenvalue weighted by Crippen LogP contribution is -2.30. The average molecular weight is 255 g/mol. The Kier molecular flexibility index (Phi) is 4.02. The number of likely N-dealkylation sites (tertiary alicyclic amines) is 1. The fraction of sp³-hybridized carbons (Fsp3) is 0.417. The Bertz CT molecular complexity index is 396. The Morgan fingerprint density at radius 1 is 1.47 bits per heavy atom. The van der Waals surface area contributed by atoms with Crippen molar-refractivity contribution < 1.29 is 14.3 Å². The molecule has 1 atom stereocenters. The normalized spacial score (nSPS) is 19.6. The lowest BCUT2D eigenvalue weighted by molar-refractivity contribution is -0.127. The number of amides is 1. The van der Waals surface area contributed by atoms with Crippen molar-refractivity contribution in [3.8, 4) is 0 Å². The van der Waals surface area contributed by atoms with E-state index in [0.717, 1.165) is 4.90 Å². The highest BCUT2D eigenvalue weighted by molar-refractivity contribution is 8.00. The zero-order valence-electron chi connectivity index (χ0n) is 9.30. The molecule has 0 aliphatic carbocycles. The first-order valence-electron chi connectivity index (χ1n) is 5.49. The van der Waals surface area contributed by atoms with Crippen molar-refractivity contribution in [2.24, 2.45) is 0 Å². The van der Waals surface area contributed by atoms with E-state index in [0.29, 0.717) is 25.3 Å². The molecule has 2 rings (SSSR count). The Hall–Kier alpha value is -1.07. The molecule has 0 radical (unpaired) electrons. The number of β-amino-alcohol motifs (C(OH)–C–C–N with tert-alkyl or cyclic N) is 1. The van der Waals surface area contributed by atoms with Gasteiger partial charge < -0.3 is 10.0 Å². The van der Waals surface area contributed by atoms with Gasteiger partial charge in [0, 0.05) is 18.0 Å². The van der Waals surface area contributed by atoms with Crippen molar-refractivity contribution in [1.82, 2.24) is 4.90 Å². The molecule has 92 valence electrons. The third-order valence-corrected chi connectivity index (χ3v) is 3.69. The van der Waals surface area contributed by atoms with Crippen molar-refractivity contribution in [1.29, 1.82) is 0 Å². The topological polar surface area (TPSA) is 40.5 Å². The van der Waals surface area contributed by atoms with Crippen LogP contribution in [-0.2, 0) is 4.79 Å². The van der Waals surface area contributed by atoms with Crippen molar-refractivity contribution >= 4 is 17.7 Å². The number of halogens is 1. The second-order valence-corrected chi connectivity index (χ2v) is 5.07. The quantitative estimate of drug-likeness (QED) is 0.832. The van der Waals surface area contributed by atoms with Crippen LogP contribution in [0, 0.1) is 5.82 Å². The zero-order chi connectivity index (χ0) is 12.3. The number of rotatable bonds is 3. The van der Waals surface area contributed by atoms with Crippen LogP contribution in [0.3, 0.4) is 0 Å². The molecule has 1 heterocycles. The summed E-state index contributed by atoms with van der Waals surface area (Å²) in [6.07, 6.45) is 0.280. The first-order valence-corrected chi connectivity index (χ1v) is 6.48. The molecule has 1 amide bonds. The van der Waals surface area contributed by atoms with Crippen LogP contribution in [0.4, 0.5) is 4.39 Å². The summed E-state index contributed by atoms with van der Waals surface area (Å²) < 4.78 is 12.7. The molecule has 5 heteroatoms. The first kappa shape index (κ1) is 12.4. The van der Waals surface area contributed by atoms with Gasteiger partial charge in [-0.05, 0) is 30.7 Å². The molecule has 1 N–H and O–H groups in total. The van der Waals surface area contributed by atoms with Crippen molar-refractivity contribution in [3.63, 3.8) is 0 Å². The van der Waals surface area contributed by atoms with Crippen LogP contribution >= 0.6 is 11.8 Å². The molecule has 0 aromatic heterocycles. The number of nitrogens with zero attached hydrogens (tertiary/aromatic N) is 1. The molecular weight excluding hydrogens is 241 g/mol. The van der Waals surface area contributed by atoms with Crippen molar-refractivity contribution in [3.05, 3.63) is 30.1 Å². The van der Waals surface area contributed by atoms with Gasteiger partial charge in [-0.3, -0.25) is 4.79 Å². The van der Waals surface area contributed by atoms with Crippen LogP contribution in [0.5, 0.6) is 0 Å². The maximum absolute atomic E-state index is 12.7. The molecule has 1 aliphatic rings. The first-order chi connectivity index (χ1) is 8.15. The smallest absolute Gasteiger partial charge is 0.233 e. The highest BCUT2D eigenvalue weighted by Crippen LogP contribution is 2.19. The summed E-state index contributed by atoms with van der Waals surface area (Å²) >= 11 is 1.39. The Balaban J connectivity index is 1.82. The van der Waals surface area contributed by atoms with Gasteiger partial charge in [-0.1, -0.05) is 0 Å². The minimum Gasteiger partial charge on any atom is -0.391 e. The number of aliphatic hydroxyl groups excluding tert-OH is 1. The van der Waals surface area contributed by atoms with E-state index in [2.05, 4.69) is 0 Å². The Labute approximate surface area is 104 Å². The predicted octanol–water partition coefficient (Wildman–Crippen LogP) is 1.51. The third-order valence-electron chi connectivity index (χ3n) is 2.69. The Morgan fingerprint density at radius 3 is 2.76 bits per heavy atom. The van der Waals surface area contributed by atoms with Crippen LogP contribution in [-0.4, -0.2) is 40.9 Å². The van der Waals surface area contributed by atoms with Crippen molar-refractivity contribution in [2.45, 2.75) is 17.4 Å². The predicted molar refractivity (Wildman–Crippen MR) is 64.3 cm³/mol. The number of thioether (sulfide) groups is 1. The number of carbonyl (C=O) groups excluding carboxylic acids is 1. The van der Waals surface area contributed by atoms with Gasteiger partial charge in [0.15, 0.2) is 0 Å². The molecule has 0 saturated carbocycles. The summed E-state index contributed by atoms with van der Waals surface area (Å²) in [5.41, 5.74) is 0. The number of hydrogen-bond donors (Lipinski definition) is 1. The van der Waals surface area contributed by atoms with Gasteiger partial charge in [-0.2, -0.15) is 0 Å². The van der Waals surface area contributed by atoms with E-state index in [9.17, 15) is 14.3 Å². The molecule has 1 aromatic carbocycles. The van der Waals surface area contributed by atoms with E-state index >= 15 is 0 Å². The highest BCUT2D eigenvalue weighted by Gasteiger charge is 2.24.